The lowest BCUT2D eigenvalue weighted by molar-refractivity contribution is -0.130. The Kier molecular flexibility index (Phi) is 5.75. The molecule has 1 heterocycles. The second-order valence-electron chi connectivity index (χ2n) is 5.97. The highest BCUT2D eigenvalue weighted by molar-refractivity contribution is 7.98. The Morgan fingerprint density at radius 2 is 2.09 bits per heavy atom. The van der Waals surface area contributed by atoms with Crippen LogP contribution < -0.4 is 10.1 Å². The fourth-order valence-corrected chi connectivity index (χ4v) is 3.44. The van der Waals surface area contributed by atoms with E-state index in [2.05, 4.69) is 44.3 Å². The monoisotopic (exact) mass is 322 g/mol. The average molecular weight is 322 g/mol. The first-order valence-electron chi connectivity index (χ1n) is 7.76. The van der Waals surface area contributed by atoms with Crippen molar-refractivity contribution in [1.29, 1.82) is 0 Å². The Bertz CT molecular complexity index is 533. The molecule has 4 nitrogen and oxygen atoms in total. The first-order valence-corrected chi connectivity index (χ1v) is 8.98. The second kappa shape index (κ2) is 7.38. The molecular weight excluding hydrogens is 296 g/mol. The van der Waals surface area contributed by atoms with Crippen LogP contribution in [0.1, 0.15) is 38.8 Å². The van der Waals surface area contributed by atoms with E-state index in [1.807, 2.05) is 11.2 Å². The number of hydrogen-bond acceptors (Lipinski definition) is 4. The van der Waals surface area contributed by atoms with E-state index in [1.165, 1.54) is 0 Å². The zero-order valence-electron chi connectivity index (χ0n) is 14.1. The SMILES string of the molecule is COc1cc([C@H](C)N[C@H]2CCN(C(C)C)C2=O)ccc1SC. The number of hydrogen-bond donors (Lipinski definition) is 1. The molecular formula is C17H26N2O2S. The van der Waals surface area contributed by atoms with Crippen molar-refractivity contribution in [3.05, 3.63) is 23.8 Å². The molecule has 1 amide bonds. The van der Waals surface area contributed by atoms with Crippen LogP contribution in [0.2, 0.25) is 0 Å². The fourth-order valence-electron chi connectivity index (χ4n) is 2.89. The van der Waals surface area contributed by atoms with Gasteiger partial charge < -0.3 is 9.64 Å². The highest BCUT2D eigenvalue weighted by Gasteiger charge is 2.33. The summed E-state index contributed by atoms with van der Waals surface area (Å²) in [6.45, 7) is 7.07. The van der Waals surface area contributed by atoms with Crippen molar-refractivity contribution in [2.45, 2.75) is 50.2 Å². The maximum Gasteiger partial charge on any atom is 0.240 e. The lowest BCUT2D eigenvalue weighted by atomic mass is 10.1. The number of amides is 1. The summed E-state index contributed by atoms with van der Waals surface area (Å²) < 4.78 is 5.44. The molecule has 1 aliphatic heterocycles. The summed E-state index contributed by atoms with van der Waals surface area (Å²) in [6.07, 6.45) is 2.91. The van der Waals surface area contributed by atoms with E-state index in [-0.39, 0.29) is 24.0 Å². The normalized spacial score (nSPS) is 19.8. The van der Waals surface area contributed by atoms with Crippen LogP contribution in [0.5, 0.6) is 5.75 Å². The molecule has 1 aromatic rings. The summed E-state index contributed by atoms with van der Waals surface area (Å²) in [7, 11) is 1.69. The fraction of sp³-hybridized carbons (Fsp3) is 0.588. The molecule has 0 spiro atoms. The van der Waals surface area contributed by atoms with Gasteiger partial charge in [0.1, 0.15) is 5.75 Å². The Morgan fingerprint density at radius 1 is 1.36 bits per heavy atom. The van der Waals surface area contributed by atoms with E-state index in [1.54, 1.807) is 18.9 Å². The van der Waals surface area contributed by atoms with Gasteiger partial charge in [-0.3, -0.25) is 10.1 Å². The molecule has 1 saturated heterocycles. The predicted molar refractivity (Wildman–Crippen MR) is 91.6 cm³/mol. The summed E-state index contributed by atoms with van der Waals surface area (Å²) in [5.41, 5.74) is 1.14. The van der Waals surface area contributed by atoms with Crippen LogP contribution in [0.25, 0.3) is 0 Å². The summed E-state index contributed by atoms with van der Waals surface area (Å²) in [5.74, 6) is 1.11. The average Bonchev–Trinajstić information content (AvgIpc) is 2.87. The number of carbonyl (C=O) groups excluding carboxylic acids is 1. The van der Waals surface area contributed by atoms with Gasteiger partial charge in [0.25, 0.3) is 0 Å². The molecule has 1 fully saturated rings. The van der Waals surface area contributed by atoms with Gasteiger partial charge in [0.15, 0.2) is 0 Å². The smallest absolute Gasteiger partial charge is 0.240 e. The summed E-state index contributed by atoms with van der Waals surface area (Å²) in [6, 6.07) is 6.55. The van der Waals surface area contributed by atoms with Crippen LogP contribution in [-0.4, -0.2) is 42.8 Å². The molecule has 0 saturated carbocycles. The van der Waals surface area contributed by atoms with Gasteiger partial charge in [-0.15, -0.1) is 11.8 Å². The third-order valence-corrected chi connectivity index (χ3v) is 5.00. The van der Waals surface area contributed by atoms with Crippen LogP contribution in [-0.2, 0) is 4.79 Å². The van der Waals surface area contributed by atoms with Gasteiger partial charge in [0.2, 0.25) is 5.91 Å². The number of ether oxygens (including phenoxy) is 1. The molecule has 122 valence electrons. The van der Waals surface area contributed by atoms with E-state index < -0.39 is 0 Å². The molecule has 22 heavy (non-hydrogen) atoms. The number of carbonyl (C=O) groups is 1. The number of thioether (sulfide) groups is 1. The zero-order valence-corrected chi connectivity index (χ0v) is 14.9. The zero-order chi connectivity index (χ0) is 16.3. The van der Waals surface area contributed by atoms with Gasteiger partial charge in [-0.25, -0.2) is 0 Å². The second-order valence-corrected chi connectivity index (χ2v) is 6.82. The highest BCUT2D eigenvalue weighted by atomic mass is 32.2. The molecule has 1 aliphatic rings. The molecule has 0 bridgehead atoms. The number of rotatable bonds is 6. The largest absolute Gasteiger partial charge is 0.496 e. The number of benzene rings is 1. The van der Waals surface area contributed by atoms with Crippen LogP contribution >= 0.6 is 11.8 Å². The van der Waals surface area contributed by atoms with Crippen molar-refractivity contribution in [3.8, 4) is 5.75 Å². The minimum Gasteiger partial charge on any atom is -0.496 e. The minimum atomic E-state index is -0.0800. The first-order chi connectivity index (χ1) is 10.5. The molecule has 0 radical (unpaired) electrons. The molecule has 0 aromatic heterocycles. The van der Waals surface area contributed by atoms with Crippen LogP contribution in [0, 0.1) is 0 Å². The van der Waals surface area contributed by atoms with Gasteiger partial charge in [-0.1, -0.05) is 6.07 Å². The van der Waals surface area contributed by atoms with Crippen LogP contribution in [0.3, 0.4) is 0 Å². The van der Waals surface area contributed by atoms with Crippen molar-refractivity contribution in [2.75, 3.05) is 19.9 Å². The van der Waals surface area contributed by atoms with E-state index in [0.29, 0.717) is 0 Å². The first kappa shape index (κ1) is 17.2. The van der Waals surface area contributed by atoms with Crippen molar-refractivity contribution in [3.63, 3.8) is 0 Å². The Labute approximate surface area is 137 Å². The molecule has 1 aromatic carbocycles. The van der Waals surface area contributed by atoms with E-state index in [0.717, 1.165) is 29.2 Å². The third-order valence-electron chi connectivity index (χ3n) is 4.22. The van der Waals surface area contributed by atoms with Crippen LogP contribution in [0.4, 0.5) is 0 Å². The molecule has 5 heteroatoms. The van der Waals surface area contributed by atoms with Gasteiger partial charge in [-0.05, 0) is 51.1 Å². The lowest BCUT2D eigenvalue weighted by Crippen LogP contribution is -2.41. The van der Waals surface area contributed by atoms with Crippen molar-refractivity contribution >= 4 is 17.7 Å². The third kappa shape index (κ3) is 3.58. The van der Waals surface area contributed by atoms with Crippen molar-refractivity contribution < 1.29 is 9.53 Å². The van der Waals surface area contributed by atoms with E-state index >= 15 is 0 Å². The topological polar surface area (TPSA) is 41.6 Å². The standard InChI is InChI=1S/C17H26N2O2S/c1-11(2)19-9-8-14(17(19)20)18-12(3)13-6-7-16(22-5)15(10-13)21-4/h6-7,10-12,14,18H,8-9H2,1-5H3/t12-,14-/m0/s1. The predicted octanol–water partition coefficient (Wildman–Crippen LogP) is 3.08. The Hall–Kier alpha value is -1.20. The van der Waals surface area contributed by atoms with Gasteiger partial charge in [-0.2, -0.15) is 0 Å². The summed E-state index contributed by atoms with van der Waals surface area (Å²) in [5, 5.41) is 3.46. The maximum absolute atomic E-state index is 12.4. The number of nitrogens with zero attached hydrogens (tertiary/aromatic N) is 1. The minimum absolute atomic E-state index is 0.0800. The van der Waals surface area contributed by atoms with Crippen molar-refractivity contribution in [1.82, 2.24) is 10.2 Å². The number of nitrogens with one attached hydrogen (secondary N) is 1. The number of likely N-dealkylation sites (tertiary alicyclic amines) is 1. The van der Waals surface area contributed by atoms with Gasteiger partial charge in [0, 0.05) is 23.5 Å². The molecule has 0 unspecified atom stereocenters. The Balaban J connectivity index is 2.07. The summed E-state index contributed by atoms with van der Waals surface area (Å²) in [4.78, 5) is 15.4. The summed E-state index contributed by atoms with van der Waals surface area (Å²) >= 11 is 1.67. The van der Waals surface area contributed by atoms with Crippen LogP contribution in [0.15, 0.2) is 23.1 Å². The molecule has 2 atom stereocenters. The maximum atomic E-state index is 12.4. The molecule has 2 rings (SSSR count). The Morgan fingerprint density at radius 3 is 2.64 bits per heavy atom. The van der Waals surface area contributed by atoms with Gasteiger partial charge >= 0.3 is 0 Å². The molecule has 0 aliphatic carbocycles. The quantitative estimate of drug-likeness (QED) is 0.817. The highest BCUT2D eigenvalue weighted by Crippen LogP contribution is 2.30. The van der Waals surface area contributed by atoms with E-state index in [4.69, 9.17) is 4.74 Å². The van der Waals surface area contributed by atoms with Gasteiger partial charge in [0.05, 0.1) is 13.2 Å². The molecule has 1 N–H and O–H groups in total. The lowest BCUT2D eigenvalue weighted by Gasteiger charge is -2.23. The van der Waals surface area contributed by atoms with Crippen molar-refractivity contribution in [2.24, 2.45) is 0 Å². The van der Waals surface area contributed by atoms with E-state index in [9.17, 15) is 4.79 Å². The number of methoxy groups -OCH3 is 1.